The van der Waals surface area contributed by atoms with Crippen LogP contribution in [0.4, 0.5) is 5.95 Å². The molecule has 5 nitrogen and oxygen atoms in total. The van der Waals surface area contributed by atoms with Gasteiger partial charge in [0.25, 0.3) is 5.88 Å². The number of unbranched alkanes of at least 4 members (excludes halogenated alkanes) is 13. The number of ether oxygens (including phenoxy) is 1. The molecule has 0 saturated heterocycles. The Balaban J connectivity index is 1.57. The zero-order chi connectivity index (χ0) is 22.3. The van der Waals surface area contributed by atoms with Gasteiger partial charge in [-0.3, -0.25) is 0 Å². The minimum atomic E-state index is 0.146. The summed E-state index contributed by atoms with van der Waals surface area (Å²) in [5.41, 5.74) is 0.729. The van der Waals surface area contributed by atoms with Crippen LogP contribution >= 0.6 is 0 Å². The van der Waals surface area contributed by atoms with E-state index in [4.69, 9.17) is 4.74 Å². The maximum absolute atomic E-state index is 10.6. The highest BCUT2D eigenvalue weighted by molar-refractivity contribution is 5.43. The van der Waals surface area contributed by atoms with Gasteiger partial charge >= 0.3 is 0 Å². The SMILES string of the molecule is CCCCCCCCCCCCCCCCc1nc(N(C)C)nc(OC2CCC2)c1O. The largest absolute Gasteiger partial charge is 0.502 e. The first-order valence-electron chi connectivity index (χ1n) is 13.1. The number of rotatable bonds is 18. The highest BCUT2D eigenvalue weighted by atomic mass is 16.5. The zero-order valence-corrected chi connectivity index (χ0v) is 20.5. The van der Waals surface area contributed by atoms with Gasteiger partial charge in [0.15, 0.2) is 0 Å². The van der Waals surface area contributed by atoms with Gasteiger partial charge in [-0.15, -0.1) is 0 Å². The van der Waals surface area contributed by atoms with E-state index >= 15 is 0 Å². The van der Waals surface area contributed by atoms with Crippen LogP contribution in [-0.2, 0) is 6.42 Å². The van der Waals surface area contributed by atoms with E-state index in [1.807, 2.05) is 19.0 Å². The first-order valence-corrected chi connectivity index (χ1v) is 13.1. The van der Waals surface area contributed by atoms with Gasteiger partial charge < -0.3 is 14.7 Å². The van der Waals surface area contributed by atoms with Gasteiger partial charge in [-0.25, -0.2) is 4.98 Å². The summed E-state index contributed by atoms with van der Waals surface area (Å²) in [4.78, 5) is 10.9. The Bertz CT molecular complexity index is 603. The van der Waals surface area contributed by atoms with Crippen molar-refractivity contribution in [3.8, 4) is 11.6 Å². The van der Waals surface area contributed by atoms with Crippen LogP contribution < -0.4 is 9.64 Å². The van der Waals surface area contributed by atoms with Crippen molar-refractivity contribution in [1.29, 1.82) is 0 Å². The van der Waals surface area contributed by atoms with Crippen molar-refractivity contribution in [2.24, 2.45) is 0 Å². The third kappa shape index (κ3) is 10.1. The van der Waals surface area contributed by atoms with E-state index in [9.17, 15) is 5.11 Å². The molecular formula is C26H47N3O2. The van der Waals surface area contributed by atoms with Crippen molar-refractivity contribution in [2.45, 2.75) is 129 Å². The van der Waals surface area contributed by atoms with E-state index in [0.717, 1.165) is 31.4 Å². The second-order valence-corrected chi connectivity index (χ2v) is 9.54. The third-order valence-corrected chi connectivity index (χ3v) is 6.41. The van der Waals surface area contributed by atoms with Crippen LogP contribution in [0.5, 0.6) is 11.6 Å². The number of aryl methyl sites for hydroxylation is 1. The summed E-state index contributed by atoms with van der Waals surface area (Å²) in [5, 5.41) is 10.6. The Kier molecular flexibility index (Phi) is 12.7. The van der Waals surface area contributed by atoms with Gasteiger partial charge in [0.05, 0.1) is 5.69 Å². The van der Waals surface area contributed by atoms with E-state index in [1.54, 1.807) is 0 Å². The minimum absolute atomic E-state index is 0.146. The second-order valence-electron chi connectivity index (χ2n) is 9.54. The monoisotopic (exact) mass is 433 g/mol. The summed E-state index contributed by atoms with van der Waals surface area (Å²) in [7, 11) is 3.85. The molecule has 1 aromatic rings. The van der Waals surface area contributed by atoms with E-state index in [2.05, 4.69) is 16.9 Å². The molecule has 1 aliphatic carbocycles. The number of aromatic nitrogens is 2. The maximum atomic E-state index is 10.6. The predicted octanol–water partition coefficient (Wildman–Crippen LogP) is 7.20. The number of nitrogens with zero attached hydrogens (tertiary/aromatic N) is 3. The molecule has 0 spiro atoms. The van der Waals surface area contributed by atoms with Crippen molar-refractivity contribution >= 4 is 5.95 Å². The molecule has 1 aromatic heterocycles. The molecule has 1 heterocycles. The van der Waals surface area contributed by atoms with Crippen molar-refractivity contribution in [3.63, 3.8) is 0 Å². The van der Waals surface area contributed by atoms with Crippen LogP contribution in [0.2, 0.25) is 0 Å². The Morgan fingerprint density at radius 3 is 1.77 bits per heavy atom. The summed E-state index contributed by atoms with van der Waals surface area (Å²) < 4.78 is 5.91. The normalized spacial score (nSPS) is 13.9. The molecule has 0 amide bonds. The third-order valence-electron chi connectivity index (χ3n) is 6.41. The first kappa shape index (κ1) is 25.7. The number of hydrogen-bond acceptors (Lipinski definition) is 5. The summed E-state index contributed by atoms with van der Waals surface area (Å²) in [6.45, 7) is 2.28. The number of aromatic hydroxyl groups is 1. The van der Waals surface area contributed by atoms with Crippen molar-refractivity contribution < 1.29 is 9.84 Å². The summed E-state index contributed by atoms with van der Waals surface area (Å²) in [5.74, 6) is 1.13. The Morgan fingerprint density at radius 1 is 0.806 bits per heavy atom. The highest BCUT2D eigenvalue weighted by Gasteiger charge is 2.23. The van der Waals surface area contributed by atoms with Crippen LogP contribution in [0.3, 0.4) is 0 Å². The molecule has 0 bridgehead atoms. The van der Waals surface area contributed by atoms with Crippen molar-refractivity contribution in [2.75, 3.05) is 19.0 Å². The second kappa shape index (κ2) is 15.3. The molecule has 31 heavy (non-hydrogen) atoms. The predicted molar refractivity (Wildman–Crippen MR) is 130 cm³/mol. The van der Waals surface area contributed by atoms with E-state index in [1.165, 1.54) is 89.9 Å². The molecule has 2 rings (SSSR count). The van der Waals surface area contributed by atoms with Crippen molar-refractivity contribution in [1.82, 2.24) is 9.97 Å². The number of hydrogen-bond donors (Lipinski definition) is 1. The van der Waals surface area contributed by atoms with Gasteiger partial charge in [0, 0.05) is 14.1 Å². The van der Waals surface area contributed by atoms with Gasteiger partial charge in [-0.2, -0.15) is 4.98 Å². The molecule has 0 atom stereocenters. The summed E-state index contributed by atoms with van der Waals surface area (Å²) >= 11 is 0. The fourth-order valence-corrected chi connectivity index (χ4v) is 4.06. The molecule has 1 saturated carbocycles. The molecule has 178 valence electrons. The van der Waals surface area contributed by atoms with Gasteiger partial charge in [-0.1, -0.05) is 90.4 Å². The lowest BCUT2D eigenvalue weighted by atomic mass is 9.96. The lowest BCUT2D eigenvalue weighted by molar-refractivity contribution is 0.110. The molecule has 1 fully saturated rings. The van der Waals surface area contributed by atoms with Gasteiger partial charge in [0.2, 0.25) is 11.7 Å². The smallest absolute Gasteiger partial charge is 0.262 e. The summed E-state index contributed by atoms with van der Waals surface area (Å²) in [6, 6.07) is 0. The van der Waals surface area contributed by atoms with Crippen LogP contribution in [0.1, 0.15) is 122 Å². The van der Waals surface area contributed by atoms with E-state index in [-0.39, 0.29) is 11.9 Å². The molecule has 0 aromatic carbocycles. The average Bonchev–Trinajstić information content (AvgIpc) is 2.72. The molecule has 1 N–H and O–H groups in total. The van der Waals surface area contributed by atoms with Gasteiger partial charge in [-0.05, 0) is 32.1 Å². The fourth-order valence-electron chi connectivity index (χ4n) is 4.06. The minimum Gasteiger partial charge on any atom is -0.502 e. The molecule has 5 heteroatoms. The Hall–Kier alpha value is -1.52. The van der Waals surface area contributed by atoms with Crippen LogP contribution in [0, 0.1) is 0 Å². The number of anilines is 1. The first-order chi connectivity index (χ1) is 15.1. The molecule has 0 radical (unpaired) electrons. The van der Waals surface area contributed by atoms with Crippen LogP contribution in [-0.4, -0.2) is 35.3 Å². The molecule has 0 unspecified atom stereocenters. The lowest BCUT2D eigenvalue weighted by Gasteiger charge is -2.26. The average molecular weight is 434 g/mol. The molecule has 0 aliphatic heterocycles. The standard InChI is InChI=1S/C26H47N3O2/c1-4-5-6-7-8-9-10-11-12-13-14-15-16-17-21-23-24(30)25(31-22-19-18-20-22)28-26(27-23)29(2)3/h22,30H,4-21H2,1-3H3. The van der Waals surface area contributed by atoms with Crippen LogP contribution in [0.15, 0.2) is 0 Å². The lowest BCUT2D eigenvalue weighted by Crippen LogP contribution is -2.25. The van der Waals surface area contributed by atoms with E-state index < -0.39 is 0 Å². The van der Waals surface area contributed by atoms with Crippen molar-refractivity contribution in [3.05, 3.63) is 5.69 Å². The fraction of sp³-hybridized carbons (Fsp3) is 0.846. The topological polar surface area (TPSA) is 58.5 Å². The molecular weight excluding hydrogens is 386 g/mol. The summed E-state index contributed by atoms with van der Waals surface area (Å²) in [6.07, 6.45) is 23.1. The van der Waals surface area contributed by atoms with E-state index in [0.29, 0.717) is 11.8 Å². The molecule has 1 aliphatic rings. The zero-order valence-electron chi connectivity index (χ0n) is 20.5. The highest BCUT2D eigenvalue weighted by Crippen LogP contribution is 2.34. The van der Waals surface area contributed by atoms with Gasteiger partial charge in [0.1, 0.15) is 6.10 Å². The Morgan fingerprint density at radius 2 is 1.32 bits per heavy atom. The van der Waals surface area contributed by atoms with Crippen LogP contribution in [0.25, 0.3) is 0 Å². The Labute approximate surface area is 191 Å². The quantitative estimate of drug-likeness (QED) is 0.248. The maximum Gasteiger partial charge on any atom is 0.262 e.